The molecule has 1 rings (SSSR count). The fourth-order valence-corrected chi connectivity index (χ4v) is 1.87. The number of aryl methyl sites for hydroxylation is 1. The van der Waals surface area contributed by atoms with E-state index in [1.54, 1.807) is 0 Å². The molecule has 0 aliphatic rings. The van der Waals surface area contributed by atoms with Gasteiger partial charge in [-0.2, -0.15) is 5.10 Å². The highest BCUT2D eigenvalue weighted by atomic mass is 16.3. The molecule has 1 aromatic rings. The lowest BCUT2D eigenvalue weighted by Gasteiger charge is -2.30. The molecular formula is C12H21N3O. The summed E-state index contributed by atoms with van der Waals surface area (Å²) in [6.45, 7) is 6.99. The van der Waals surface area contributed by atoms with E-state index in [2.05, 4.69) is 28.9 Å². The van der Waals surface area contributed by atoms with Gasteiger partial charge < -0.3 is 10.0 Å². The van der Waals surface area contributed by atoms with Gasteiger partial charge in [0.15, 0.2) is 5.82 Å². The Bertz CT molecular complexity index is 296. The highest BCUT2D eigenvalue weighted by Crippen LogP contribution is 2.16. The van der Waals surface area contributed by atoms with Gasteiger partial charge in [-0.1, -0.05) is 13.8 Å². The summed E-state index contributed by atoms with van der Waals surface area (Å²) in [4.78, 5) is 2.13. The molecule has 4 nitrogen and oxygen atoms in total. The van der Waals surface area contributed by atoms with E-state index in [4.69, 9.17) is 5.11 Å². The average molecular weight is 223 g/mol. The third kappa shape index (κ3) is 3.17. The quantitative estimate of drug-likeness (QED) is 0.798. The monoisotopic (exact) mass is 223 g/mol. The van der Waals surface area contributed by atoms with Gasteiger partial charge in [0.1, 0.15) is 0 Å². The Balaban J connectivity index is 2.87. The number of anilines is 1. The van der Waals surface area contributed by atoms with Crippen LogP contribution in [0.15, 0.2) is 12.1 Å². The number of aliphatic hydroxyl groups is 1. The van der Waals surface area contributed by atoms with Gasteiger partial charge in [-0.15, -0.1) is 5.10 Å². The van der Waals surface area contributed by atoms with Crippen LogP contribution < -0.4 is 4.90 Å². The van der Waals surface area contributed by atoms with Crippen LogP contribution in [-0.4, -0.2) is 34.5 Å². The molecule has 90 valence electrons. The normalized spacial score (nSPS) is 10.8. The molecule has 0 fully saturated rings. The first-order chi connectivity index (χ1) is 7.72. The number of hydrogen-bond donors (Lipinski definition) is 1. The predicted molar refractivity (Wildman–Crippen MR) is 65.6 cm³/mol. The Morgan fingerprint density at radius 1 is 1.25 bits per heavy atom. The lowest BCUT2D eigenvalue weighted by molar-refractivity contribution is 0.295. The second kappa shape index (κ2) is 6.43. The Morgan fingerprint density at radius 2 is 1.94 bits per heavy atom. The Kier molecular flexibility index (Phi) is 5.19. The molecule has 0 aliphatic heterocycles. The summed E-state index contributed by atoms with van der Waals surface area (Å²) in [6.07, 6.45) is 2.10. The molecule has 1 heterocycles. The van der Waals surface area contributed by atoms with Crippen molar-refractivity contribution in [3.05, 3.63) is 17.8 Å². The highest BCUT2D eigenvalue weighted by molar-refractivity contribution is 5.38. The second-order valence-electron chi connectivity index (χ2n) is 3.92. The maximum Gasteiger partial charge on any atom is 0.151 e. The van der Waals surface area contributed by atoms with E-state index in [1.165, 1.54) is 0 Å². The summed E-state index contributed by atoms with van der Waals surface area (Å²) in [5.41, 5.74) is 0.914. The predicted octanol–water partition coefficient (Wildman–Crippen LogP) is 1.77. The fourth-order valence-electron chi connectivity index (χ4n) is 1.87. The lowest BCUT2D eigenvalue weighted by Crippen LogP contribution is -2.37. The summed E-state index contributed by atoms with van der Waals surface area (Å²) in [5.74, 6) is 0.855. The van der Waals surface area contributed by atoms with Crippen LogP contribution in [0.3, 0.4) is 0 Å². The average Bonchev–Trinajstić information content (AvgIpc) is 2.31. The molecule has 0 aliphatic carbocycles. The summed E-state index contributed by atoms with van der Waals surface area (Å²) in [6, 6.07) is 4.34. The van der Waals surface area contributed by atoms with Crippen LogP contribution >= 0.6 is 0 Å². The first-order valence-corrected chi connectivity index (χ1v) is 5.90. The standard InChI is InChI=1S/C12H21N3O/c1-4-11(5-2)15(8-9-16)12-7-6-10(3)13-14-12/h6-7,11,16H,4-5,8-9H2,1-3H3. The van der Waals surface area contributed by atoms with E-state index >= 15 is 0 Å². The molecule has 16 heavy (non-hydrogen) atoms. The Morgan fingerprint density at radius 3 is 2.38 bits per heavy atom. The lowest BCUT2D eigenvalue weighted by atomic mass is 10.1. The first-order valence-electron chi connectivity index (χ1n) is 5.90. The van der Waals surface area contributed by atoms with Crippen molar-refractivity contribution in [3.8, 4) is 0 Å². The summed E-state index contributed by atoms with van der Waals surface area (Å²) in [5, 5.41) is 17.3. The SMILES string of the molecule is CCC(CC)N(CCO)c1ccc(C)nn1. The van der Waals surface area contributed by atoms with Gasteiger partial charge in [-0.25, -0.2) is 0 Å². The van der Waals surface area contributed by atoms with Gasteiger partial charge in [0, 0.05) is 12.6 Å². The third-order valence-corrected chi connectivity index (χ3v) is 2.80. The van der Waals surface area contributed by atoms with Crippen LogP contribution in [0.2, 0.25) is 0 Å². The van der Waals surface area contributed by atoms with Gasteiger partial charge in [-0.05, 0) is 31.9 Å². The van der Waals surface area contributed by atoms with Crippen molar-refractivity contribution in [3.63, 3.8) is 0 Å². The van der Waals surface area contributed by atoms with E-state index in [0.29, 0.717) is 12.6 Å². The van der Waals surface area contributed by atoms with Crippen molar-refractivity contribution in [1.29, 1.82) is 0 Å². The summed E-state index contributed by atoms with van der Waals surface area (Å²) >= 11 is 0. The molecule has 4 heteroatoms. The fraction of sp³-hybridized carbons (Fsp3) is 0.667. The van der Waals surface area contributed by atoms with E-state index in [-0.39, 0.29) is 6.61 Å². The van der Waals surface area contributed by atoms with Crippen LogP contribution in [0.5, 0.6) is 0 Å². The van der Waals surface area contributed by atoms with E-state index in [1.807, 2.05) is 19.1 Å². The van der Waals surface area contributed by atoms with Gasteiger partial charge in [-0.3, -0.25) is 0 Å². The van der Waals surface area contributed by atoms with E-state index in [0.717, 1.165) is 24.4 Å². The van der Waals surface area contributed by atoms with Crippen molar-refractivity contribution in [1.82, 2.24) is 10.2 Å². The van der Waals surface area contributed by atoms with Crippen LogP contribution in [0.25, 0.3) is 0 Å². The van der Waals surface area contributed by atoms with Crippen molar-refractivity contribution in [2.45, 2.75) is 39.7 Å². The smallest absolute Gasteiger partial charge is 0.151 e. The molecule has 1 N–H and O–H groups in total. The van der Waals surface area contributed by atoms with Crippen LogP contribution in [0.4, 0.5) is 5.82 Å². The largest absolute Gasteiger partial charge is 0.395 e. The van der Waals surface area contributed by atoms with Crippen molar-refractivity contribution in [2.75, 3.05) is 18.1 Å². The maximum absolute atomic E-state index is 9.10. The minimum atomic E-state index is 0.145. The van der Waals surface area contributed by atoms with Crippen LogP contribution in [-0.2, 0) is 0 Å². The van der Waals surface area contributed by atoms with Gasteiger partial charge in [0.2, 0.25) is 0 Å². The van der Waals surface area contributed by atoms with Gasteiger partial charge in [0.05, 0.1) is 12.3 Å². The van der Waals surface area contributed by atoms with Gasteiger partial charge in [0.25, 0.3) is 0 Å². The first kappa shape index (κ1) is 12.9. The zero-order valence-corrected chi connectivity index (χ0v) is 10.3. The molecule has 0 atom stereocenters. The molecule has 0 saturated heterocycles. The minimum absolute atomic E-state index is 0.145. The second-order valence-corrected chi connectivity index (χ2v) is 3.92. The number of hydrogen-bond acceptors (Lipinski definition) is 4. The molecule has 0 spiro atoms. The highest BCUT2D eigenvalue weighted by Gasteiger charge is 2.16. The van der Waals surface area contributed by atoms with Crippen molar-refractivity contribution >= 4 is 5.82 Å². The zero-order valence-electron chi connectivity index (χ0n) is 10.3. The maximum atomic E-state index is 9.10. The Labute approximate surface area is 97.3 Å². The van der Waals surface area contributed by atoms with Crippen LogP contribution in [0, 0.1) is 6.92 Å². The van der Waals surface area contributed by atoms with Gasteiger partial charge >= 0.3 is 0 Å². The number of rotatable bonds is 6. The summed E-state index contributed by atoms with van der Waals surface area (Å²) in [7, 11) is 0. The molecule has 0 unspecified atom stereocenters. The molecule has 0 radical (unpaired) electrons. The van der Waals surface area contributed by atoms with E-state index < -0.39 is 0 Å². The molecule has 0 amide bonds. The van der Waals surface area contributed by atoms with Crippen LogP contribution in [0.1, 0.15) is 32.4 Å². The molecule has 1 aromatic heterocycles. The Hall–Kier alpha value is -1.16. The van der Waals surface area contributed by atoms with Crippen molar-refractivity contribution in [2.24, 2.45) is 0 Å². The van der Waals surface area contributed by atoms with Crippen molar-refractivity contribution < 1.29 is 5.11 Å². The number of aliphatic hydroxyl groups excluding tert-OH is 1. The third-order valence-electron chi connectivity index (χ3n) is 2.80. The number of aromatic nitrogens is 2. The molecule has 0 aromatic carbocycles. The minimum Gasteiger partial charge on any atom is -0.395 e. The number of nitrogens with zero attached hydrogens (tertiary/aromatic N) is 3. The van der Waals surface area contributed by atoms with E-state index in [9.17, 15) is 0 Å². The molecule has 0 saturated carbocycles. The zero-order chi connectivity index (χ0) is 12.0. The molecular weight excluding hydrogens is 202 g/mol. The molecule has 0 bridgehead atoms. The topological polar surface area (TPSA) is 49.2 Å². The summed E-state index contributed by atoms with van der Waals surface area (Å²) < 4.78 is 0.